The molecule has 0 saturated heterocycles. The highest BCUT2D eigenvalue weighted by molar-refractivity contribution is 7.86. The third-order valence-electron chi connectivity index (χ3n) is 6.16. The van der Waals surface area contributed by atoms with Crippen molar-refractivity contribution in [2.75, 3.05) is 21.3 Å². The smallest absolute Gasteiger partial charge is 0.295 e. The summed E-state index contributed by atoms with van der Waals surface area (Å²) < 4.78 is 68.7. The van der Waals surface area contributed by atoms with Crippen molar-refractivity contribution in [2.24, 2.45) is 0 Å². The summed E-state index contributed by atoms with van der Waals surface area (Å²) in [7, 11) is -9.40. The second kappa shape index (κ2) is 13.6. The Morgan fingerprint density at radius 2 is 0.841 bits per heavy atom. The van der Waals surface area contributed by atoms with Crippen molar-refractivity contribution in [3.05, 3.63) is 107 Å². The molecule has 0 radical (unpaired) electrons. The van der Waals surface area contributed by atoms with Gasteiger partial charge in [0.05, 0.1) is 0 Å². The molecule has 0 aromatic heterocycles. The number of benzene rings is 4. The number of anilines is 4. The van der Waals surface area contributed by atoms with Crippen molar-refractivity contribution in [1.29, 1.82) is 0 Å². The molecule has 0 heterocycles. The fraction of sp³-hybridized carbons (Fsp3) is 0.0667. The molecule has 0 aliphatic carbocycles. The monoisotopic (exact) mass is 668 g/mol. The van der Waals surface area contributed by atoms with Gasteiger partial charge in [0.1, 0.15) is 9.79 Å². The number of rotatable bonds is 8. The van der Waals surface area contributed by atoms with E-state index in [1.165, 1.54) is 48.6 Å². The Kier molecular flexibility index (Phi) is 10.1. The summed E-state index contributed by atoms with van der Waals surface area (Å²) in [6, 6.07) is 23.2. The van der Waals surface area contributed by atoms with Gasteiger partial charge in [-0.15, -0.1) is 0 Å². The van der Waals surface area contributed by atoms with E-state index in [1.807, 2.05) is 62.4 Å². The largest absolute Gasteiger partial charge is 0.332 e. The van der Waals surface area contributed by atoms with Gasteiger partial charge in [-0.25, -0.2) is 0 Å². The number of thiocarbonyl (C=S) groups is 2. The van der Waals surface area contributed by atoms with Crippen molar-refractivity contribution in [3.8, 4) is 0 Å². The van der Waals surface area contributed by atoms with Gasteiger partial charge >= 0.3 is 0 Å². The van der Waals surface area contributed by atoms with Gasteiger partial charge in [0.15, 0.2) is 10.2 Å². The summed E-state index contributed by atoms with van der Waals surface area (Å²) >= 11 is 10.6. The first kappa shape index (κ1) is 32.7. The lowest BCUT2D eigenvalue weighted by Crippen LogP contribution is -2.19. The van der Waals surface area contributed by atoms with Crippen LogP contribution in [0.25, 0.3) is 12.2 Å². The Labute approximate surface area is 266 Å². The van der Waals surface area contributed by atoms with Crippen LogP contribution in [0, 0.1) is 13.8 Å². The van der Waals surface area contributed by atoms with Crippen LogP contribution < -0.4 is 21.3 Å². The minimum atomic E-state index is -4.70. The first-order chi connectivity index (χ1) is 20.7. The Morgan fingerprint density at radius 1 is 0.545 bits per heavy atom. The topological polar surface area (TPSA) is 157 Å². The summed E-state index contributed by atoms with van der Waals surface area (Å²) in [6.45, 7) is 3.90. The molecule has 0 atom stereocenters. The molecule has 10 nitrogen and oxygen atoms in total. The minimum absolute atomic E-state index is 0.0578. The minimum Gasteiger partial charge on any atom is -0.332 e. The summed E-state index contributed by atoms with van der Waals surface area (Å²) in [5, 5.41) is 12.1. The molecular formula is C30H28N4O6S4. The molecule has 0 unspecified atom stereocenters. The third kappa shape index (κ3) is 9.16. The Bertz CT molecular complexity index is 1820. The van der Waals surface area contributed by atoms with Crippen LogP contribution in [-0.2, 0) is 20.2 Å². The third-order valence-corrected chi connectivity index (χ3v) is 8.39. The Hall–Kier alpha value is -4.18. The summed E-state index contributed by atoms with van der Waals surface area (Å²) in [4.78, 5) is -0.896. The molecule has 0 amide bonds. The molecule has 0 bridgehead atoms. The van der Waals surface area contributed by atoms with Crippen molar-refractivity contribution >= 4 is 89.8 Å². The van der Waals surface area contributed by atoms with Crippen molar-refractivity contribution < 1.29 is 25.9 Å². The number of nitrogens with one attached hydrogen (secondary N) is 4. The lowest BCUT2D eigenvalue weighted by atomic mass is 10.1. The average molecular weight is 669 g/mol. The normalized spacial score (nSPS) is 11.6. The fourth-order valence-corrected chi connectivity index (χ4v) is 5.88. The molecule has 0 spiro atoms. The second-order valence-electron chi connectivity index (χ2n) is 9.68. The average Bonchev–Trinajstić information content (AvgIpc) is 2.94. The van der Waals surface area contributed by atoms with Gasteiger partial charge < -0.3 is 21.3 Å². The Balaban J connectivity index is 1.55. The zero-order chi connectivity index (χ0) is 32.1. The van der Waals surface area contributed by atoms with Crippen LogP contribution in [0.1, 0.15) is 22.3 Å². The quantitative estimate of drug-likeness (QED) is 0.0682. The van der Waals surface area contributed by atoms with Crippen molar-refractivity contribution in [3.63, 3.8) is 0 Å². The van der Waals surface area contributed by atoms with E-state index in [0.717, 1.165) is 22.5 Å². The van der Waals surface area contributed by atoms with Crippen LogP contribution in [-0.4, -0.2) is 36.2 Å². The van der Waals surface area contributed by atoms with Crippen LogP contribution in [0.2, 0.25) is 0 Å². The van der Waals surface area contributed by atoms with E-state index < -0.39 is 30.0 Å². The fourth-order valence-electron chi connectivity index (χ4n) is 3.99. The molecule has 0 fully saturated rings. The molecule has 228 valence electrons. The zero-order valence-electron chi connectivity index (χ0n) is 23.4. The maximum atomic E-state index is 12.2. The first-order valence-corrected chi connectivity index (χ1v) is 16.6. The first-order valence-electron chi connectivity index (χ1n) is 12.9. The second-order valence-corrected chi connectivity index (χ2v) is 13.3. The van der Waals surface area contributed by atoms with E-state index in [1.54, 1.807) is 0 Å². The summed E-state index contributed by atoms with van der Waals surface area (Å²) in [6.07, 6.45) is 2.60. The molecule has 0 aliphatic heterocycles. The molecule has 0 saturated carbocycles. The number of hydrogen-bond donors (Lipinski definition) is 6. The van der Waals surface area contributed by atoms with Crippen molar-refractivity contribution in [2.45, 2.75) is 23.6 Å². The van der Waals surface area contributed by atoms with Crippen LogP contribution in [0.15, 0.2) is 94.7 Å². The lowest BCUT2D eigenvalue weighted by molar-refractivity contribution is 0.480. The van der Waals surface area contributed by atoms with Gasteiger partial charge in [-0.2, -0.15) is 16.8 Å². The summed E-state index contributed by atoms with van der Waals surface area (Å²) in [5.74, 6) is 0. The predicted octanol–water partition coefficient (Wildman–Crippen LogP) is 6.59. The Morgan fingerprint density at radius 3 is 1.16 bits per heavy atom. The summed E-state index contributed by atoms with van der Waals surface area (Å²) in [5.41, 5.74) is 4.27. The molecule has 4 rings (SSSR count). The van der Waals surface area contributed by atoms with Crippen LogP contribution in [0.3, 0.4) is 0 Å². The van der Waals surface area contributed by atoms with E-state index >= 15 is 0 Å². The lowest BCUT2D eigenvalue weighted by Gasteiger charge is -2.13. The van der Waals surface area contributed by atoms with Crippen molar-refractivity contribution in [1.82, 2.24) is 0 Å². The number of aryl methyl sites for hydroxylation is 2. The molecule has 6 N–H and O–H groups in total. The van der Waals surface area contributed by atoms with E-state index in [4.69, 9.17) is 24.4 Å². The zero-order valence-corrected chi connectivity index (χ0v) is 26.7. The highest BCUT2D eigenvalue weighted by atomic mass is 32.2. The predicted molar refractivity (Wildman–Crippen MR) is 183 cm³/mol. The molecule has 4 aromatic rings. The molecular weight excluding hydrogens is 641 g/mol. The van der Waals surface area contributed by atoms with Gasteiger partial charge in [0, 0.05) is 22.7 Å². The van der Waals surface area contributed by atoms with E-state index in [-0.39, 0.29) is 32.7 Å². The van der Waals surface area contributed by atoms with E-state index in [9.17, 15) is 25.9 Å². The molecule has 44 heavy (non-hydrogen) atoms. The van der Waals surface area contributed by atoms with E-state index in [0.29, 0.717) is 0 Å². The molecule has 14 heteroatoms. The maximum absolute atomic E-state index is 12.2. The van der Waals surface area contributed by atoms with Gasteiger partial charge in [0.2, 0.25) is 0 Å². The molecule has 0 aliphatic rings. The highest BCUT2D eigenvalue weighted by Crippen LogP contribution is 2.26. The van der Waals surface area contributed by atoms with Gasteiger partial charge in [-0.05, 0) is 97.9 Å². The molecule has 4 aromatic carbocycles. The van der Waals surface area contributed by atoms with Crippen LogP contribution in [0.5, 0.6) is 0 Å². The van der Waals surface area contributed by atoms with E-state index in [2.05, 4.69) is 21.3 Å². The van der Waals surface area contributed by atoms with Gasteiger partial charge in [-0.3, -0.25) is 9.11 Å². The van der Waals surface area contributed by atoms with Gasteiger partial charge in [0.25, 0.3) is 20.2 Å². The SMILES string of the molecule is Cc1ccc(NC(=S)Nc2ccc(C=Cc3ccc(NC(=S)Nc4ccc(C)cc4)cc3S(=O)(=O)O)c(S(=O)(=O)O)c2)cc1. The highest BCUT2D eigenvalue weighted by Gasteiger charge is 2.18. The standard InChI is InChI=1S/C30H28N4O6S4/c1-19-3-11-23(12-4-19)31-29(41)33-25-15-9-21(27(17-25)43(35,36)37)7-8-22-10-16-26(18-28(22)44(38,39)40)34-30(42)32-24-13-5-20(2)6-14-24/h3-18H,1-2H3,(H2,31,33,41)(H2,32,34,42)(H,35,36,37)(H,38,39,40). The van der Waals surface area contributed by atoms with Crippen LogP contribution >= 0.6 is 24.4 Å². The van der Waals surface area contributed by atoms with Gasteiger partial charge in [-0.1, -0.05) is 59.7 Å². The maximum Gasteiger partial charge on any atom is 0.295 e. The van der Waals surface area contributed by atoms with Crippen LogP contribution in [0.4, 0.5) is 22.7 Å². The number of hydrogen-bond acceptors (Lipinski definition) is 6.